The van der Waals surface area contributed by atoms with Crippen LogP contribution in [0.5, 0.6) is 0 Å². The largest absolute Gasteiger partial charge is 0.510 e. The molecule has 0 saturated heterocycles. The second-order valence-electron chi connectivity index (χ2n) is 8.89. The summed E-state index contributed by atoms with van der Waals surface area (Å²) in [5.41, 5.74) is 0.773. The summed E-state index contributed by atoms with van der Waals surface area (Å²) in [7, 11) is 0. The minimum Gasteiger partial charge on any atom is -0.510 e. The van der Waals surface area contributed by atoms with Gasteiger partial charge in [0.25, 0.3) is 5.91 Å². The lowest BCUT2D eigenvalue weighted by atomic mass is 9.90. The molecule has 36 heavy (non-hydrogen) atoms. The number of amides is 1. The van der Waals surface area contributed by atoms with Gasteiger partial charge >= 0.3 is 5.97 Å². The van der Waals surface area contributed by atoms with Crippen LogP contribution in [-0.2, 0) is 9.53 Å². The molecule has 0 radical (unpaired) electrons. The molecular formula is C26H25N5O4S. The Morgan fingerprint density at radius 1 is 1.31 bits per heavy atom. The zero-order valence-electron chi connectivity index (χ0n) is 20.0. The van der Waals surface area contributed by atoms with E-state index >= 15 is 0 Å². The number of esters is 1. The number of amidine groups is 1. The number of aliphatic hydroxyl groups excluding tert-OH is 1. The number of nitrogens with one attached hydrogen (secondary N) is 2. The van der Waals surface area contributed by atoms with Crippen molar-refractivity contribution in [3.8, 4) is 6.07 Å². The van der Waals surface area contributed by atoms with Crippen molar-refractivity contribution in [3.05, 3.63) is 64.9 Å². The van der Waals surface area contributed by atoms with Gasteiger partial charge in [0.15, 0.2) is 6.61 Å². The Morgan fingerprint density at radius 2 is 2.06 bits per heavy atom. The first-order valence-electron chi connectivity index (χ1n) is 11.3. The number of nitrogens with zero attached hydrogens (tertiary/aromatic N) is 3. The van der Waals surface area contributed by atoms with Gasteiger partial charge in [-0.1, -0.05) is 32.0 Å². The Morgan fingerprint density at radius 3 is 2.75 bits per heavy atom. The van der Waals surface area contributed by atoms with Crippen molar-refractivity contribution in [3.63, 3.8) is 0 Å². The van der Waals surface area contributed by atoms with Crippen molar-refractivity contribution >= 4 is 50.5 Å². The van der Waals surface area contributed by atoms with Crippen LogP contribution >= 0.6 is 11.3 Å². The molecule has 0 saturated carbocycles. The van der Waals surface area contributed by atoms with Crippen molar-refractivity contribution in [1.82, 2.24) is 10.3 Å². The lowest BCUT2D eigenvalue weighted by molar-refractivity contribution is -0.125. The molecule has 0 aliphatic carbocycles. The third kappa shape index (κ3) is 4.78. The molecule has 2 heterocycles. The van der Waals surface area contributed by atoms with Gasteiger partial charge in [0.2, 0.25) is 0 Å². The van der Waals surface area contributed by atoms with Gasteiger partial charge in [-0.3, -0.25) is 10.2 Å². The van der Waals surface area contributed by atoms with E-state index in [0.29, 0.717) is 16.3 Å². The van der Waals surface area contributed by atoms with E-state index in [4.69, 9.17) is 10.1 Å². The standard InChI is InChI=1S/C26H25N5O4S/c1-15(2)26(3,14-27)30-21(33)13-35-25(34)16-7-6-8-17(11-16)31-12-19(32)22(23(31)28)24-29-18-9-4-5-10-20(18)36-24/h4-11,15,28,32H,12-13H2,1-3H3,(H,30,33)/t26-/m0/s1. The highest BCUT2D eigenvalue weighted by Gasteiger charge is 2.32. The minimum absolute atomic E-state index is 0.0226. The topological polar surface area (TPSA) is 139 Å². The number of nitriles is 1. The van der Waals surface area contributed by atoms with Crippen LogP contribution in [0.1, 0.15) is 36.1 Å². The maximum atomic E-state index is 12.6. The first-order chi connectivity index (χ1) is 17.1. The number of hydrogen-bond acceptors (Lipinski definition) is 8. The maximum absolute atomic E-state index is 12.6. The number of benzene rings is 2. The third-order valence-corrected chi connectivity index (χ3v) is 7.18. The number of carbonyl (C=O) groups excluding carboxylic acids is 2. The van der Waals surface area contributed by atoms with Crippen molar-refractivity contribution in [1.29, 1.82) is 10.7 Å². The first kappa shape index (κ1) is 24.9. The highest BCUT2D eigenvalue weighted by molar-refractivity contribution is 7.19. The molecular weight excluding hydrogens is 478 g/mol. The van der Waals surface area contributed by atoms with Crippen LogP contribution in [0.3, 0.4) is 0 Å². The van der Waals surface area contributed by atoms with E-state index in [0.717, 1.165) is 10.2 Å². The second kappa shape index (κ2) is 9.79. The molecule has 0 spiro atoms. The SMILES string of the molecule is CC(C)[C@](C)(C#N)NC(=O)COC(=O)c1cccc(N2CC(O)=C(c3nc4ccccc4s3)C2=N)c1. The summed E-state index contributed by atoms with van der Waals surface area (Å²) >= 11 is 1.40. The Bertz CT molecular complexity index is 1400. The zero-order valence-corrected chi connectivity index (χ0v) is 20.8. The summed E-state index contributed by atoms with van der Waals surface area (Å²) in [6.45, 7) is 4.76. The minimum atomic E-state index is -1.07. The maximum Gasteiger partial charge on any atom is 0.338 e. The molecule has 1 aliphatic heterocycles. The first-order valence-corrected chi connectivity index (χ1v) is 12.1. The van der Waals surface area contributed by atoms with Crippen LogP contribution in [0.2, 0.25) is 0 Å². The van der Waals surface area contributed by atoms with Crippen LogP contribution in [0.25, 0.3) is 15.8 Å². The average Bonchev–Trinajstić information content (AvgIpc) is 3.41. The Kier molecular flexibility index (Phi) is 6.77. The molecule has 4 rings (SSSR count). The molecule has 1 aromatic heterocycles. The van der Waals surface area contributed by atoms with Gasteiger partial charge < -0.3 is 20.1 Å². The monoisotopic (exact) mass is 503 g/mol. The molecule has 1 aliphatic rings. The van der Waals surface area contributed by atoms with Crippen LogP contribution in [0.15, 0.2) is 54.3 Å². The normalized spacial score (nSPS) is 15.2. The summed E-state index contributed by atoms with van der Waals surface area (Å²) in [4.78, 5) is 31.0. The van der Waals surface area contributed by atoms with Crippen LogP contribution in [-0.4, -0.2) is 46.5 Å². The molecule has 10 heteroatoms. The van der Waals surface area contributed by atoms with E-state index in [-0.39, 0.29) is 29.6 Å². The van der Waals surface area contributed by atoms with Crippen molar-refractivity contribution in [2.75, 3.05) is 18.1 Å². The van der Waals surface area contributed by atoms with E-state index in [1.807, 2.05) is 38.1 Å². The van der Waals surface area contributed by atoms with Gasteiger partial charge in [-0.05, 0) is 43.2 Å². The molecule has 184 valence electrons. The van der Waals surface area contributed by atoms with E-state index < -0.39 is 24.0 Å². The molecule has 0 unspecified atom stereocenters. The Labute approximate surface area is 212 Å². The smallest absolute Gasteiger partial charge is 0.338 e. The lowest BCUT2D eigenvalue weighted by Gasteiger charge is -2.27. The number of ether oxygens (including phenoxy) is 1. The quantitative estimate of drug-likeness (QED) is 0.409. The number of aliphatic hydroxyl groups is 1. The number of para-hydroxylation sites is 1. The number of rotatable bonds is 7. The summed E-state index contributed by atoms with van der Waals surface area (Å²) < 4.78 is 6.10. The van der Waals surface area contributed by atoms with Gasteiger partial charge in [-0.2, -0.15) is 5.26 Å². The summed E-state index contributed by atoms with van der Waals surface area (Å²) in [6.07, 6.45) is 0. The van der Waals surface area contributed by atoms with Crippen LogP contribution < -0.4 is 10.2 Å². The number of anilines is 1. The molecule has 3 aromatic rings. The van der Waals surface area contributed by atoms with E-state index in [1.165, 1.54) is 17.4 Å². The predicted octanol–water partition coefficient (Wildman–Crippen LogP) is 4.27. The van der Waals surface area contributed by atoms with E-state index in [9.17, 15) is 20.0 Å². The number of fused-ring (bicyclic) bond motifs is 1. The molecule has 0 bridgehead atoms. The molecule has 9 nitrogen and oxygen atoms in total. The second-order valence-corrected chi connectivity index (χ2v) is 9.92. The van der Waals surface area contributed by atoms with Gasteiger partial charge in [-0.15, -0.1) is 11.3 Å². The lowest BCUT2D eigenvalue weighted by Crippen LogP contribution is -2.50. The third-order valence-electron chi connectivity index (χ3n) is 6.12. The zero-order chi connectivity index (χ0) is 26.0. The molecule has 0 fully saturated rings. The van der Waals surface area contributed by atoms with Gasteiger partial charge in [-0.25, -0.2) is 9.78 Å². The van der Waals surface area contributed by atoms with Crippen molar-refractivity contribution in [2.24, 2.45) is 5.92 Å². The van der Waals surface area contributed by atoms with Crippen LogP contribution in [0, 0.1) is 22.7 Å². The summed E-state index contributed by atoms with van der Waals surface area (Å²) in [5, 5.41) is 31.8. The van der Waals surface area contributed by atoms with Crippen molar-refractivity contribution < 1.29 is 19.4 Å². The number of aromatic nitrogens is 1. The van der Waals surface area contributed by atoms with Crippen LogP contribution in [0.4, 0.5) is 5.69 Å². The Hall–Kier alpha value is -4.23. The highest BCUT2D eigenvalue weighted by Crippen LogP contribution is 2.35. The van der Waals surface area contributed by atoms with Gasteiger partial charge in [0.05, 0.1) is 34.0 Å². The predicted molar refractivity (Wildman–Crippen MR) is 138 cm³/mol. The molecule has 1 atom stereocenters. The van der Waals surface area contributed by atoms with E-state index in [1.54, 1.807) is 30.0 Å². The number of carbonyl (C=O) groups is 2. The fourth-order valence-corrected chi connectivity index (χ4v) is 4.68. The summed E-state index contributed by atoms with van der Waals surface area (Å²) in [6, 6.07) is 16.1. The van der Waals surface area contributed by atoms with Gasteiger partial charge in [0.1, 0.15) is 22.1 Å². The number of thiazole rings is 1. The Balaban J connectivity index is 1.45. The fraction of sp³-hybridized carbons (Fsp3) is 0.269. The van der Waals surface area contributed by atoms with E-state index in [2.05, 4.69) is 16.4 Å². The number of hydrogen-bond donors (Lipinski definition) is 3. The van der Waals surface area contributed by atoms with Crippen molar-refractivity contribution in [2.45, 2.75) is 26.3 Å². The summed E-state index contributed by atoms with van der Waals surface area (Å²) in [5.74, 6) is -1.33. The molecule has 3 N–H and O–H groups in total. The molecule has 1 amide bonds. The highest BCUT2D eigenvalue weighted by atomic mass is 32.1. The fourth-order valence-electron chi connectivity index (χ4n) is 3.65. The average molecular weight is 504 g/mol. The van der Waals surface area contributed by atoms with Gasteiger partial charge in [0, 0.05) is 5.69 Å². The molecule has 2 aromatic carbocycles.